The van der Waals surface area contributed by atoms with Gasteiger partial charge in [0.05, 0.1) is 13.2 Å². The Labute approximate surface area is 141 Å². The number of aliphatic hydroxyl groups is 1. The van der Waals surface area contributed by atoms with Gasteiger partial charge in [0.25, 0.3) is 0 Å². The van der Waals surface area contributed by atoms with E-state index in [2.05, 4.69) is 4.98 Å². The van der Waals surface area contributed by atoms with Crippen LogP contribution in [0.4, 0.5) is 14.6 Å². The Morgan fingerprint density at radius 3 is 2.68 bits per heavy atom. The summed E-state index contributed by atoms with van der Waals surface area (Å²) in [6, 6.07) is 10.0. The molecular formula is C16H17F2N3O4. The van der Waals surface area contributed by atoms with Gasteiger partial charge in [-0.1, -0.05) is 30.3 Å². The zero-order valence-corrected chi connectivity index (χ0v) is 13.1. The van der Waals surface area contributed by atoms with Crippen molar-refractivity contribution in [2.45, 2.75) is 31.0 Å². The molecule has 3 atom stereocenters. The van der Waals surface area contributed by atoms with E-state index in [9.17, 15) is 18.7 Å². The summed E-state index contributed by atoms with van der Waals surface area (Å²) in [4.78, 5) is 15.5. The van der Waals surface area contributed by atoms with E-state index in [-0.39, 0.29) is 12.4 Å². The fourth-order valence-electron chi connectivity index (χ4n) is 2.65. The lowest BCUT2D eigenvalue weighted by Gasteiger charge is -2.24. The molecule has 0 saturated carbocycles. The Morgan fingerprint density at radius 1 is 1.32 bits per heavy atom. The fraction of sp³-hybridized carbons (Fsp3) is 0.375. The Bertz CT molecular complexity index is 784. The second kappa shape index (κ2) is 6.87. The maximum absolute atomic E-state index is 14.6. The Kier molecular flexibility index (Phi) is 4.80. The predicted octanol–water partition coefficient (Wildman–Crippen LogP) is 0.936. The van der Waals surface area contributed by atoms with Crippen LogP contribution in [0.3, 0.4) is 0 Å². The molecule has 2 heterocycles. The summed E-state index contributed by atoms with van der Waals surface area (Å²) in [5.74, 6) is -3.53. The second-order valence-corrected chi connectivity index (χ2v) is 5.63. The third-order valence-corrected chi connectivity index (χ3v) is 3.94. The first-order valence-electron chi connectivity index (χ1n) is 7.58. The van der Waals surface area contributed by atoms with E-state index in [1.54, 1.807) is 30.3 Å². The van der Waals surface area contributed by atoms with Gasteiger partial charge in [-0.15, -0.1) is 0 Å². The molecule has 3 rings (SSSR count). The van der Waals surface area contributed by atoms with Crippen molar-refractivity contribution in [2.24, 2.45) is 0 Å². The average molecular weight is 353 g/mol. The highest BCUT2D eigenvalue weighted by Crippen LogP contribution is 2.42. The van der Waals surface area contributed by atoms with Crippen molar-refractivity contribution in [1.82, 2.24) is 9.55 Å². The van der Waals surface area contributed by atoms with Crippen LogP contribution in [0.2, 0.25) is 0 Å². The molecule has 3 N–H and O–H groups in total. The second-order valence-electron chi connectivity index (χ2n) is 5.63. The van der Waals surface area contributed by atoms with Gasteiger partial charge < -0.3 is 20.3 Å². The van der Waals surface area contributed by atoms with Gasteiger partial charge in [-0.05, 0) is 11.6 Å². The number of hydrogen-bond donors (Lipinski definition) is 2. The standard InChI is InChI=1S/C16H17F2N3O4/c17-16(18)11(8-22)25-14(21-7-6-12(19)20-15(21)23)13(16)24-9-10-4-2-1-3-5-10/h1-7,11,13-14,22H,8-9H2,(H2,19,20,23)/t11-,13-,14-/m1/s1. The largest absolute Gasteiger partial charge is 0.393 e. The number of aliphatic hydroxyl groups excluding tert-OH is 1. The number of rotatable bonds is 5. The van der Waals surface area contributed by atoms with Gasteiger partial charge in [0.15, 0.2) is 12.3 Å². The van der Waals surface area contributed by atoms with Crippen LogP contribution in [0.5, 0.6) is 0 Å². The number of alkyl halides is 2. The maximum atomic E-state index is 14.6. The van der Waals surface area contributed by atoms with Gasteiger partial charge in [-0.3, -0.25) is 4.57 Å². The van der Waals surface area contributed by atoms with E-state index in [1.807, 2.05) is 0 Å². The number of ether oxygens (including phenoxy) is 2. The molecule has 134 valence electrons. The van der Waals surface area contributed by atoms with Crippen molar-refractivity contribution in [3.8, 4) is 0 Å². The molecule has 0 amide bonds. The van der Waals surface area contributed by atoms with Crippen LogP contribution in [0.15, 0.2) is 47.4 Å². The van der Waals surface area contributed by atoms with Crippen LogP contribution in [-0.2, 0) is 16.1 Å². The summed E-state index contributed by atoms with van der Waals surface area (Å²) in [5.41, 5.74) is 5.26. The number of nitrogens with zero attached hydrogens (tertiary/aromatic N) is 2. The SMILES string of the molecule is Nc1ccn([C@@H]2O[C@H](CO)C(F)(F)[C@@H]2OCc2ccccc2)c(=O)n1. The smallest absolute Gasteiger partial charge is 0.351 e. The molecule has 25 heavy (non-hydrogen) atoms. The lowest BCUT2D eigenvalue weighted by molar-refractivity contribution is -0.146. The zero-order valence-electron chi connectivity index (χ0n) is 13.1. The Hall–Kier alpha value is -2.36. The number of aromatic nitrogens is 2. The lowest BCUT2D eigenvalue weighted by atomic mass is 10.1. The molecule has 1 aromatic heterocycles. The Balaban J connectivity index is 1.90. The molecule has 0 unspecified atom stereocenters. The van der Waals surface area contributed by atoms with Crippen molar-refractivity contribution < 1.29 is 23.4 Å². The van der Waals surface area contributed by atoms with Crippen LogP contribution < -0.4 is 11.4 Å². The van der Waals surface area contributed by atoms with Gasteiger partial charge in [-0.25, -0.2) is 13.6 Å². The molecule has 1 aliphatic rings. The monoisotopic (exact) mass is 353 g/mol. The third-order valence-electron chi connectivity index (χ3n) is 3.94. The predicted molar refractivity (Wildman–Crippen MR) is 83.9 cm³/mol. The van der Waals surface area contributed by atoms with E-state index in [0.29, 0.717) is 5.56 Å². The van der Waals surface area contributed by atoms with E-state index in [1.165, 1.54) is 12.3 Å². The first kappa shape index (κ1) is 17.5. The summed E-state index contributed by atoms with van der Waals surface area (Å²) in [5, 5.41) is 9.20. The number of nitrogen functional groups attached to an aromatic ring is 1. The van der Waals surface area contributed by atoms with Crippen LogP contribution in [0, 0.1) is 0 Å². The molecule has 2 aromatic rings. The minimum atomic E-state index is -3.49. The topological polar surface area (TPSA) is 99.6 Å². The highest BCUT2D eigenvalue weighted by atomic mass is 19.3. The Morgan fingerprint density at radius 2 is 2.04 bits per heavy atom. The summed E-state index contributed by atoms with van der Waals surface area (Å²) in [7, 11) is 0. The van der Waals surface area contributed by atoms with E-state index in [4.69, 9.17) is 15.2 Å². The number of halogens is 2. The molecule has 1 aliphatic heterocycles. The van der Waals surface area contributed by atoms with E-state index < -0.39 is 36.7 Å². The highest BCUT2D eigenvalue weighted by molar-refractivity contribution is 5.23. The van der Waals surface area contributed by atoms with Crippen LogP contribution in [0.25, 0.3) is 0 Å². The summed E-state index contributed by atoms with van der Waals surface area (Å²) < 4.78 is 40.6. The van der Waals surface area contributed by atoms with Crippen molar-refractivity contribution in [2.75, 3.05) is 12.3 Å². The molecule has 9 heteroatoms. The first-order chi connectivity index (χ1) is 11.9. The van der Waals surface area contributed by atoms with Crippen molar-refractivity contribution >= 4 is 5.82 Å². The molecule has 0 bridgehead atoms. The van der Waals surface area contributed by atoms with E-state index in [0.717, 1.165) is 4.57 Å². The fourth-order valence-corrected chi connectivity index (χ4v) is 2.65. The molecule has 1 saturated heterocycles. The quantitative estimate of drug-likeness (QED) is 0.830. The molecule has 1 aromatic carbocycles. The van der Waals surface area contributed by atoms with Crippen molar-refractivity contribution in [1.29, 1.82) is 0 Å². The molecule has 0 spiro atoms. The van der Waals surface area contributed by atoms with Crippen LogP contribution in [-0.4, -0.2) is 39.4 Å². The van der Waals surface area contributed by atoms with Crippen molar-refractivity contribution in [3.63, 3.8) is 0 Å². The summed E-state index contributed by atoms with van der Waals surface area (Å²) in [6.45, 7) is -1.01. The maximum Gasteiger partial charge on any atom is 0.351 e. The molecule has 0 radical (unpaired) electrons. The normalized spacial score (nSPS) is 25.2. The molecular weight excluding hydrogens is 336 g/mol. The van der Waals surface area contributed by atoms with Gasteiger partial charge in [-0.2, -0.15) is 4.98 Å². The number of anilines is 1. The molecule has 0 aliphatic carbocycles. The van der Waals surface area contributed by atoms with Gasteiger partial charge in [0.2, 0.25) is 0 Å². The van der Waals surface area contributed by atoms with E-state index >= 15 is 0 Å². The van der Waals surface area contributed by atoms with Crippen molar-refractivity contribution in [3.05, 3.63) is 58.6 Å². The van der Waals surface area contributed by atoms with Gasteiger partial charge in [0.1, 0.15) is 11.9 Å². The average Bonchev–Trinajstić information content (AvgIpc) is 2.84. The minimum absolute atomic E-state index is 0.0357. The molecule has 1 fully saturated rings. The number of nitrogens with two attached hydrogens (primary N) is 1. The summed E-state index contributed by atoms with van der Waals surface area (Å²) in [6.07, 6.45) is -3.78. The number of benzene rings is 1. The zero-order chi connectivity index (χ0) is 18.0. The highest BCUT2D eigenvalue weighted by Gasteiger charge is 2.60. The number of hydrogen-bond acceptors (Lipinski definition) is 6. The van der Waals surface area contributed by atoms with Gasteiger partial charge in [0, 0.05) is 6.20 Å². The van der Waals surface area contributed by atoms with Gasteiger partial charge >= 0.3 is 11.6 Å². The summed E-state index contributed by atoms with van der Waals surface area (Å²) >= 11 is 0. The molecule has 7 nitrogen and oxygen atoms in total. The minimum Gasteiger partial charge on any atom is -0.393 e. The first-order valence-corrected chi connectivity index (χ1v) is 7.58. The van der Waals surface area contributed by atoms with Crippen LogP contribution >= 0.6 is 0 Å². The van der Waals surface area contributed by atoms with Crippen LogP contribution in [0.1, 0.15) is 11.8 Å². The third kappa shape index (κ3) is 3.39. The lowest BCUT2D eigenvalue weighted by Crippen LogP contribution is -2.43.